The zero-order chi connectivity index (χ0) is 17.4. The fourth-order valence-corrected chi connectivity index (χ4v) is 3.08. The Morgan fingerprint density at radius 3 is 2.29 bits per heavy atom. The van der Waals surface area contributed by atoms with E-state index in [9.17, 15) is 9.59 Å². The van der Waals surface area contributed by atoms with Gasteiger partial charge in [0.1, 0.15) is 0 Å². The predicted octanol–water partition coefficient (Wildman–Crippen LogP) is 3.01. The van der Waals surface area contributed by atoms with Gasteiger partial charge < -0.3 is 10.0 Å². The maximum absolute atomic E-state index is 12.4. The first-order valence-corrected chi connectivity index (χ1v) is 9.11. The third-order valence-corrected chi connectivity index (χ3v) is 4.74. The van der Waals surface area contributed by atoms with Crippen molar-refractivity contribution in [2.24, 2.45) is 7.05 Å². The van der Waals surface area contributed by atoms with Crippen LogP contribution in [0.1, 0.15) is 73.8 Å². The quantitative estimate of drug-likeness (QED) is 0.631. The van der Waals surface area contributed by atoms with Crippen LogP contribution >= 0.6 is 0 Å². The molecule has 24 heavy (non-hydrogen) atoms. The Hall–Kier alpha value is -1.85. The van der Waals surface area contributed by atoms with E-state index in [-0.39, 0.29) is 12.3 Å². The van der Waals surface area contributed by atoms with E-state index >= 15 is 0 Å². The summed E-state index contributed by atoms with van der Waals surface area (Å²) < 4.78 is 1.83. The molecule has 6 heteroatoms. The van der Waals surface area contributed by atoms with Gasteiger partial charge in [0.25, 0.3) is 5.91 Å². The molecule has 2 heterocycles. The van der Waals surface area contributed by atoms with Gasteiger partial charge in [0.2, 0.25) is 0 Å². The number of hydrogen-bond acceptors (Lipinski definition) is 3. The highest BCUT2D eigenvalue weighted by molar-refractivity contribution is 5.95. The molecule has 0 bridgehead atoms. The van der Waals surface area contributed by atoms with E-state index in [1.165, 1.54) is 6.42 Å². The number of aliphatic carboxylic acids is 1. The van der Waals surface area contributed by atoms with E-state index in [4.69, 9.17) is 5.11 Å². The van der Waals surface area contributed by atoms with Crippen LogP contribution < -0.4 is 0 Å². The minimum Gasteiger partial charge on any atom is -0.481 e. The van der Waals surface area contributed by atoms with Crippen LogP contribution in [0, 0.1) is 0 Å². The Labute approximate surface area is 143 Å². The SMILES string of the molecule is Cn1ncc(C(=O)N2CCC2)c1CCCCCCCCCC(=O)O. The highest BCUT2D eigenvalue weighted by atomic mass is 16.4. The van der Waals surface area contributed by atoms with Crippen LogP contribution in [-0.4, -0.2) is 44.8 Å². The zero-order valence-corrected chi connectivity index (χ0v) is 14.7. The second-order valence-corrected chi connectivity index (χ2v) is 6.64. The van der Waals surface area contributed by atoms with E-state index in [0.29, 0.717) is 0 Å². The molecule has 6 nitrogen and oxygen atoms in total. The third-order valence-electron chi connectivity index (χ3n) is 4.74. The van der Waals surface area contributed by atoms with Crippen LogP contribution in [-0.2, 0) is 18.3 Å². The second-order valence-electron chi connectivity index (χ2n) is 6.64. The van der Waals surface area contributed by atoms with Crippen molar-refractivity contribution in [3.8, 4) is 0 Å². The number of aromatic nitrogens is 2. The molecule has 1 aromatic rings. The summed E-state index contributed by atoms with van der Waals surface area (Å²) in [6.07, 6.45) is 11.4. The first-order valence-electron chi connectivity index (χ1n) is 9.11. The van der Waals surface area contributed by atoms with Crippen molar-refractivity contribution in [3.05, 3.63) is 17.5 Å². The number of nitrogens with zero attached hydrogens (tertiary/aromatic N) is 3. The van der Waals surface area contributed by atoms with E-state index in [1.54, 1.807) is 6.20 Å². The van der Waals surface area contributed by atoms with Crippen molar-refractivity contribution in [2.45, 2.75) is 64.2 Å². The Kier molecular flexibility index (Phi) is 7.28. The van der Waals surface area contributed by atoms with Gasteiger partial charge in [-0.3, -0.25) is 14.3 Å². The van der Waals surface area contributed by atoms with Crippen molar-refractivity contribution in [1.82, 2.24) is 14.7 Å². The number of hydrogen-bond donors (Lipinski definition) is 1. The summed E-state index contributed by atoms with van der Waals surface area (Å²) in [6, 6.07) is 0. The average Bonchev–Trinajstić information content (AvgIpc) is 2.84. The summed E-state index contributed by atoms with van der Waals surface area (Å²) in [5, 5.41) is 12.8. The monoisotopic (exact) mass is 335 g/mol. The van der Waals surface area contributed by atoms with Gasteiger partial charge in [0.15, 0.2) is 0 Å². The molecule has 0 atom stereocenters. The third kappa shape index (κ3) is 5.35. The molecule has 1 aliphatic rings. The number of rotatable bonds is 11. The maximum atomic E-state index is 12.4. The molecule has 1 amide bonds. The number of unbranched alkanes of at least 4 members (excludes halogenated alkanes) is 6. The van der Waals surface area contributed by atoms with Gasteiger partial charge in [-0.1, -0.05) is 32.1 Å². The lowest BCUT2D eigenvalue weighted by molar-refractivity contribution is -0.137. The molecule has 0 aliphatic carbocycles. The number of aryl methyl sites for hydroxylation is 1. The van der Waals surface area contributed by atoms with Gasteiger partial charge in [0, 0.05) is 26.6 Å². The molecule has 0 unspecified atom stereocenters. The molecule has 1 aromatic heterocycles. The average molecular weight is 335 g/mol. The van der Waals surface area contributed by atoms with Gasteiger partial charge >= 0.3 is 5.97 Å². The topological polar surface area (TPSA) is 75.4 Å². The van der Waals surface area contributed by atoms with Crippen LogP contribution in [0.2, 0.25) is 0 Å². The van der Waals surface area contributed by atoms with Gasteiger partial charge in [-0.05, 0) is 25.7 Å². The van der Waals surface area contributed by atoms with Crippen molar-refractivity contribution in [3.63, 3.8) is 0 Å². The first-order chi connectivity index (χ1) is 11.6. The molecule has 0 aromatic carbocycles. The molecule has 134 valence electrons. The maximum Gasteiger partial charge on any atom is 0.303 e. The lowest BCUT2D eigenvalue weighted by Crippen LogP contribution is -2.42. The van der Waals surface area contributed by atoms with Gasteiger partial charge in [-0.25, -0.2) is 0 Å². The van der Waals surface area contributed by atoms with Crippen LogP contribution in [0.3, 0.4) is 0 Å². The number of likely N-dealkylation sites (tertiary alicyclic amines) is 1. The number of carboxylic acid groups (broad SMARTS) is 1. The molecule has 1 fully saturated rings. The van der Waals surface area contributed by atoms with E-state index in [2.05, 4.69) is 5.10 Å². The molecule has 0 saturated carbocycles. The molecule has 2 rings (SSSR count). The standard InChI is InChI=1S/C18H29N3O3/c1-20-16(15(14-19-20)18(24)21-12-9-13-21)10-7-5-3-2-4-6-8-11-17(22)23/h14H,2-13H2,1H3,(H,22,23). The molecule has 1 saturated heterocycles. The summed E-state index contributed by atoms with van der Waals surface area (Å²) >= 11 is 0. The number of carboxylic acids is 1. The summed E-state index contributed by atoms with van der Waals surface area (Å²) in [6.45, 7) is 1.74. The highest BCUT2D eigenvalue weighted by Gasteiger charge is 2.25. The van der Waals surface area contributed by atoms with Crippen LogP contribution in [0.4, 0.5) is 0 Å². The molecule has 1 aliphatic heterocycles. The second kappa shape index (κ2) is 9.45. The van der Waals surface area contributed by atoms with E-state index in [1.807, 2.05) is 16.6 Å². The summed E-state index contributed by atoms with van der Waals surface area (Å²) in [4.78, 5) is 24.7. The number of carbonyl (C=O) groups excluding carboxylic acids is 1. The molecular weight excluding hydrogens is 306 g/mol. The highest BCUT2D eigenvalue weighted by Crippen LogP contribution is 2.18. The van der Waals surface area contributed by atoms with Crippen molar-refractivity contribution >= 4 is 11.9 Å². The van der Waals surface area contributed by atoms with Gasteiger partial charge in [0.05, 0.1) is 17.5 Å². The van der Waals surface area contributed by atoms with E-state index in [0.717, 1.165) is 75.7 Å². The minimum absolute atomic E-state index is 0.128. The van der Waals surface area contributed by atoms with Crippen molar-refractivity contribution in [1.29, 1.82) is 0 Å². The van der Waals surface area contributed by atoms with Crippen LogP contribution in [0.25, 0.3) is 0 Å². The Morgan fingerprint density at radius 1 is 1.08 bits per heavy atom. The Balaban J connectivity index is 1.63. The van der Waals surface area contributed by atoms with Gasteiger partial charge in [-0.15, -0.1) is 0 Å². The summed E-state index contributed by atoms with van der Waals surface area (Å²) in [7, 11) is 1.91. The number of amides is 1. The van der Waals surface area contributed by atoms with Crippen LogP contribution in [0.15, 0.2) is 6.20 Å². The van der Waals surface area contributed by atoms with Crippen molar-refractivity contribution in [2.75, 3.05) is 13.1 Å². The molecule has 1 N–H and O–H groups in total. The minimum atomic E-state index is -0.699. The van der Waals surface area contributed by atoms with E-state index < -0.39 is 5.97 Å². The fraction of sp³-hybridized carbons (Fsp3) is 0.722. The van der Waals surface area contributed by atoms with Crippen molar-refractivity contribution < 1.29 is 14.7 Å². The predicted molar refractivity (Wildman–Crippen MR) is 92.0 cm³/mol. The molecule has 0 radical (unpaired) electrons. The zero-order valence-electron chi connectivity index (χ0n) is 14.7. The number of carbonyl (C=O) groups is 2. The first kappa shape index (κ1) is 18.5. The molecule has 0 spiro atoms. The van der Waals surface area contributed by atoms with Crippen LogP contribution in [0.5, 0.6) is 0 Å². The summed E-state index contributed by atoms with van der Waals surface area (Å²) in [5.74, 6) is -0.572. The summed E-state index contributed by atoms with van der Waals surface area (Å²) in [5.41, 5.74) is 1.82. The smallest absolute Gasteiger partial charge is 0.303 e. The molecular formula is C18H29N3O3. The lowest BCUT2D eigenvalue weighted by atomic mass is 10.0. The Morgan fingerprint density at radius 2 is 1.71 bits per heavy atom. The lowest BCUT2D eigenvalue weighted by Gasteiger charge is -2.30. The van der Waals surface area contributed by atoms with Gasteiger partial charge in [-0.2, -0.15) is 5.10 Å². The fourth-order valence-electron chi connectivity index (χ4n) is 3.08. The Bertz CT molecular complexity index is 550. The normalized spacial score (nSPS) is 13.8. The largest absolute Gasteiger partial charge is 0.481 e.